The summed E-state index contributed by atoms with van der Waals surface area (Å²) in [6.45, 7) is 8.91. The Morgan fingerprint density at radius 2 is 1.29 bits per heavy atom. The lowest BCUT2D eigenvalue weighted by Gasteiger charge is -2.15. The van der Waals surface area contributed by atoms with Crippen molar-refractivity contribution in [2.75, 3.05) is 0 Å². The summed E-state index contributed by atoms with van der Waals surface area (Å²) in [6.07, 6.45) is 5.60. The van der Waals surface area contributed by atoms with Gasteiger partial charge in [0.2, 0.25) is 0 Å². The van der Waals surface area contributed by atoms with E-state index in [1.165, 1.54) is 37.9 Å². The highest BCUT2D eigenvalue weighted by atomic mass is 79.9. The molecule has 0 saturated heterocycles. The Hall–Kier alpha value is -2.12. The first kappa shape index (κ1) is 20.6. The molecule has 0 amide bonds. The third-order valence-corrected chi connectivity index (χ3v) is 5.94. The van der Waals surface area contributed by atoms with Crippen molar-refractivity contribution in [2.24, 2.45) is 0 Å². The van der Waals surface area contributed by atoms with Gasteiger partial charge in [-0.05, 0) is 57.7 Å². The highest BCUT2D eigenvalue weighted by molar-refractivity contribution is 9.10. The van der Waals surface area contributed by atoms with Gasteiger partial charge in [-0.3, -0.25) is 0 Å². The Labute approximate surface area is 178 Å². The first-order chi connectivity index (χ1) is 13.5. The fourth-order valence-corrected chi connectivity index (χ4v) is 4.46. The van der Waals surface area contributed by atoms with Gasteiger partial charge in [-0.2, -0.15) is 0 Å². The Kier molecular flexibility index (Phi) is 6.91. The van der Waals surface area contributed by atoms with Crippen LogP contribution in [0.15, 0.2) is 77.3 Å². The van der Waals surface area contributed by atoms with Gasteiger partial charge in [0.1, 0.15) is 0 Å². The molecule has 0 nitrogen and oxygen atoms in total. The number of benzene rings is 3. The second-order valence-electron chi connectivity index (χ2n) is 7.90. The molecule has 4 rings (SSSR count). The summed E-state index contributed by atoms with van der Waals surface area (Å²) in [5.41, 5.74) is 8.44. The maximum atomic E-state index is 3.50. The van der Waals surface area contributed by atoms with Crippen LogP contribution in [0.4, 0.5) is 0 Å². The van der Waals surface area contributed by atoms with Gasteiger partial charge in [0, 0.05) is 4.47 Å². The van der Waals surface area contributed by atoms with E-state index in [1.807, 2.05) is 6.07 Å². The summed E-state index contributed by atoms with van der Waals surface area (Å²) in [5, 5.41) is 0. The van der Waals surface area contributed by atoms with Crippen molar-refractivity contribution in [3.63, 3.8) is 0 Å². The van der Waals surface area contributed by atoms with Gasteiger partial charge in [-0.1, -0.05) is 116 Å². The number of allylic oxidation sites excluding steroid dienone is 1. The standard InChI is InChI=1S/C18H18.C9H11Br/c1-13(2)15-9-3-4-10-17(15)18-12-6-8-14-7-5-11-16(14)18;1-7(2)8-5-3-4-6-9(8)10/h3-6,8-13H,7H2,1-2H3;3-7H,1-2H3. The van der Waals surface area contributed by atoms with E-state index in [4.69, 9.17) is 0 Å². The van der Waals surface area contributed by atoms with E-state index >= 15 is 0 Å². The van der Waals surface area contributed by atoms with Crippen LogP contribution in [0.1, 0.15) is 61.8 Å². The minimum atomic E-state index is 0.558. The first-order valence-electron chi connectivity index (χ1n) is 10.1. The molecule has 0 N–H and O–H groups in total. The van der Waals surface area contributed by atoms with E-state index in [0.717, 1.165) is 6.42 Å². The molecule has 0 atom stereocenters. The third-order valence-electron chi connectivity index (χ3n) is 5.22. The molecule has 28 heavy (non-hydrogen) atoms. The van der Waals surface area contributed by atoms with Crippen LogP contribution in [0.3, 0.4) is 0 Å². The lowest BCUT2D eigenvalue weighted by atomic mass is 9.89. The maximum absolute atomic E-state index is 3.50. The third kappa shape index (κ3) is 4.64. The topological polar surface area (TPSA) is 0 Å². The zero-order chi connectivity index (χ0) is 20.1. The highest BCUT2D eigenvalue weighted by Gasteiger charge is 2.14. The Bertz CT molecular complexity index is 964. The van der Waals surface area contributed by atoms with E-state index in [-0.39, 0.29) is 0 Å². The minimum Gasteiger partial charge on any atom is -0.0795 e. The van der Waals surface area contributed by atoms with Crippen LogP contribution < -0.4 is 0 Å². The van der Waals surface area contributed by atoms with E-state index in [0.29, 0.717) is 11.8 Å². The average Bonchev–Trinajstić information content (AvgIpc) is 3.17. The van der Waals surface area contributed by atoms with Crippen molar-refractivity contribution in [3.8, 4) is 11.1 Å². The largest absolute Gasteiger partial charge is 0.0795 e. The number of fused-ring (bicyclic) bond motifs is 1. The summed E-state index contributed by atoms with van der Waals surface area (Å²) < 4.78 is 1.21. The second-order valence-corrected chi connectivity index (χ2v) is 8.76. The molecule has 0 saturated carbocycles. The highest BCUT2D eigenvalue weighted by Crippen LogP contribution is 2.35. The van der Waals surface area contributed by atoms with Crippen LogP contribution in [0.25, 0.3) is 17.2 Å². The molecule has 0 aromatic heterocycles. The van der Waals surface area contributed by atoms with Crippen LogP contribution in [0.5, 0.6) is 0 Å². The normalized spacial score (nSPS) is 12.1. The lowest BCUT2D eigenvalue weighted by Crippen LogP contribution is -1.94. The van der Waals surface area contributed by atoms with E-state index in [2.05, 4.69) is 116 Å². The van der Waals surface area contributed by atoms with Gasteiger partial charge in [-0.25, -0.2) is 0 Å². The number of hydrogen-bond donors (Lipinski definition) is 0. The Balaban J connectivity index is 0.000000192. The predicted octanol–water partition coefficient (Wildman–Crippen LogP) is 8.62. The van der Waals surface area contributed by atoms with Crippen molar-refractivity contribution < 1.29 is 0 Å². The number of hydrogen-bond acceptors (Lipinski definition) is 0. The number of rotatable bonds is 3. The molecule has 0 bridgehead atoms. The summed E-state index contributed by atoms with van der Waals surface area (Å²) in [5.74, 6) is 1.16. The zero-order valence-electron chi connectivity index (χ0n) is 17.2. The van der Waals surface area contributed by atoms with Gasteiger partial charge in [0.25, 0.3) is 0 Å². The lowest BCUT2D eigenvalue weighted by molar-refractivity contribution is 0.861. The first-order valence-corrected chi connectivity index (χ1v) is 10.9. The van der Waals surface area contributed by atoms with Crippen LogP contribution in [-0.2, 0) is 6.42 Å². The van der Waals surface area contributed by atoms with Crippen LogP contribution in [0, 0.1) is 0 Å². The molecule has 1 heteroatoms. The molecule has 1 aliphatic carbocycles. The zero-order valence-corrected chi connectivity index (χ0v) is 18.8. The van der Waals surface area contributed by atoms with Crippen molar-refractivity contribution in [3.05, 3.63) is 99.5 Å². The van der Waals surface area contributed by atoms with E-state index in [1.54, 1.807) is 0 Å². The van der Waals surface area contributed by atoms with Crippen LogP contribution in [-0.4, -0.2) is 0 Å². The Morgan fingerprint density at radius 1 is 0.679 bits per heavy atom. The Morgan fingerprint density at radius 3 is 1.93 bits per heavy atom. The van der Waals surface area contributed by atoms with Crippen molar-refractivity contribution in [1.82, 2.24) is 0 Å². The smallest absolute Gasteiger partial charge is 0.0209 e. The van der Waals surface area contributed by atoms with Crippen molar-refractivity contribution in [1.29, 1.82) is 0 Å². The van der Waals surface area contributed by atoms with Gasteiger partial charge < -0.3 is 0 Å². The van der Waals surface area contributed by atoms with Gasteiger partial charge in [0.15, 0.2) is 0 Å². The van der Waals surface area contributed by atoms with Gasteiger partial charge in [0.05, 0.1) is 0 Å². The summed E-state index contributed by atoms with van der Waals surface area (Å²) in [7, 11) is 0. The number of halogens is 1. The average molecular weight is 433 g/mol. The fourth-order valence-electron chi connectivity index (χ4n) is 3.72. The monoisotopic (exact) mass is 432 g/mol. The minimum absolute atomic E-state index is 0.558. The second kappa shape index (κ2) is 9.39. The molecule has 144 valence electrons. The SMILES string of the molecule is CC(C)c1ccccc1-c1cccc2c1C=CC2.CC(C)c1ccccc1Br. The molecule has 3 aromatic carbocycles. The molecule has 3 aromatic rings. The molecule has 0 fully saturated rings. The molecule has 1 aliphatic rings. The molecule has 0 radical (unpaired) electrons. The molecule has 0 heterocycles. The molecule has 0 aliphatic heterocycles. The van der Waals surface area contributed by atoms with E-state index in [9.17, 15) is 0 Å². The summed E-state index contributed by atoms with van der Waals surface area (Å²) in [4.78, 5) is 0. The quantitative estimate of drug-likeness (QED) is 0.388. The molecule has 0 spiro atoms. The maximum Gasteiger partial charge on any atom is 0.0209 e. The van der Waals surface area contributed by atoms with Gasteiger partial charge in [-0.15, -0.1) is 0 Å². The summed E-state index contributed by atoms with van der Waals surface area (Å²) >= 11 is 3.50. The molecular formula is C27H29Br. The summed E-state index contributed by atoms with van der Waals surface area (Å²) in [6, 6.07) is 23.8. The molecular weight excluding hydrogens is 404 g/mol. The van der Waals surface area contributed by atoms with Gasteiger partial charge >= 0.3 is 0 Å². The van der Waals surface area contributed by atoms with Crippen LogP contribution in [0.2, 0.25) is 0 Å². The molecule has 0 unspecified atom stereocenters. The fraction of sp³-hybridized carbons (Fsp3) is 0.259. The van der Waals surface area contributed by atoms with Crippen molar-refractivity contribution in [2.45, 2.75) is 46.0 Å². The predicted molar refractivity (Wildman–Crippen MR) is 127 cm³/mol. The van der Waals surface area contributed by atoms with E-state index < -0.39 is 0 Å². The van der Waals surface area contributed by atoms with Crippen molar-refractivity contribution >= 4 is 22.0 Å². The van der Waals surface area contributed by atoms with Crippen LogP contribution >= 0.6 is 15.9 Å².